The number of hydrogen-bond donors (Lipinski definition) is 0. The molecule has 0 spiro atoms. The Kier molecular flexibility index (Phi) is 4.20. The molecule has 0 saturated carbocycles. The molecular weight excluding hydrogens is 230 g/mol. The largest absolute Gasteiger partial charge is 0.493 e. The van der Waals surface area contributed by atoms with E-state index in [1.54, 1.807) is 7.11 Å². The van der Waals surface area contributed by atoms with E-state index >= 15 is 0 Å². The van der Waals surface area contributed by atoms with Crippen molar-refractivity contribution in [2.24, 2.45) is 0 Å². The van der Waals surface area contributed by atoms with Crippen LogP contribution in [0.1, 0.15) is 12.0 Å². The van der Waals surface area contributed by atoms with Crippen molar-refractivity contribution in [1.82, 2.24) is 4.90 Å². The second-order valence-corrected chi connectivity index (χ2v) is 4.65. The van der Waals surface area contributed by atoms with Crippen LogP contribution in [0.15, 0.2) is 18.2 Å². The third kappa shape index (κ3) is 3.01. The van der Waals surface area contributed by atoms with Gasteiger partial charge in [0.05, 0.1) is 7.11 Å². The summed E-state index contributed by atoms with van der Waals surface area (Å²) in [6, 6.07) is 5.86. The highest BCUT2D eigenvalue weighted by atomic mass is 16.5. The van der Waals surface area contributed by atoms with Crippen LogP contribution in [0.3, 0.4) is 0 Å². The van der Waals surface area contributed by atoms with Gasteiger partial charge in [0, 0.05) is 19.5 Å². The molecule has 4 heteroatoms. The van der Waals surface area contributed by atoms with Gasteiger partial charge in [-0.15, -0.1) is 0 Å². The Balaban J connectivity index is 2.03. The van der Waals surface area contributed by atoms with E-state index in [0.29, 0.717) is 6.42 Å². The average Bonchev–Trinajstić information content (AvgIpc) is 2.35. The Morgan fingerprint density at radius 1 is 1.39 bits per heavy atom. The molecule has 1 saturated heterocycles. The van der Waals surface area contributed by atoms with E-state index in [9.17, 15) is 4.79 Å². The number of hydrogen-bond acceptors (Lipinski definition) is 4. The number of ether oxygens (including phenoxy) is 2. The smallest absolute Gasteiger partial charge is 0.161 e. The zero-order chi connectivity index (χ0) is 13.0. The van der Waals surface area contributed by atoms with Crippen molar-refractivity contribution in [1.29, 1.82) is 0 Å². The first kappa shape index (κ1) is 12.9. The van der Waals surface area contributed by atoms with Gasteiger partial charge >= 0.3 is 0 Å². The van der Waals surface area contributed by atoms with E-state index in [1.807, 2.05) is 18.2 Å². The molecule has 1 aliphatic heterocycles. The maximum atomic E-state index is 10.4. The monoisotopic (exact) mass is 249 g/mol. The van der Waals surface area contributed by atoms with E-state index in [4.69, 9.17) is 9.47 Å². The second kappa shape index (κ2) is 5.87. The van der Waals surface area contributed by atoms with Crippen LogP contribution < -0.4 is 9.47 Å². The second-order valence-electron chi connectivity index (χ2n) is 4.65. The van der Waals surface area contributed by atoms with Crippen LogP contribution in [0.4, 0.5) is 0 Å². The molecule has 1 aliphatic rings. The summed E-state index contributed by atoms with van der Waals surface area (Å²) >= 11 is 0. The minimum atomic E-state index is 0.254. The van der Waals surface area contributed by atoms with Gasteiger partial charge in [-0.05, 0) is 31.2 Å². The molecule has 0 atom stereocenters. The Labute approximate surface area is 107 Å². The predicted molar refractivity (Wildman–Crippen MR) is 69.3 cm³/mol. The van der Waals surface area contributed by atoms with E-state index < -0.39 is 0 Å². The van der Waals surface area contributed by atoms with Gasteiger partial charge in [0.1, 0.15) is 12.4 Å². The zero-order valence-electron chi connectivity index (χ0n) is 10.9. The molecule has 0 amide bonds. The van der Waals surface area contributed by atoms with Crippen molar-refractivity contribution >= 4 is 6.29 Å². The number of carbonyl (C=O) groups excluding carboxylic acids is 1. The third-order valence-electron chi connectivity index (χ3n) is 3.10. The van der Waals surface area contributed by atoms with Crippen molar-refractivity contribution in [2.75, 3.05) is 27.2 Å². The van der Waals surface area contributed by atoms with Gasteiger partial charge in [0.25, 0.3) is 0 Å². The first-order valence-electron chi connectivity index (χ1n) is 6.18. The van der Waals surface area contributed by atoms with E-state index in [0.717, 1.165) is 42.9 Å². The van der Waals surface area contributed by atoms with Gasteiger partial charge in [-0.3, -0.25) is 4.90 Å². The number of likely N-dealkylation sites (N-methyl/N-ethyl adjacent to an activating group) is 1. The number of methoxy groups -OCH3 is 1. The van der Waals surface area contributed by atoms with Crippen LogP contribution in [0, 0.1) is 0 Å². The fourth-order valence-corrected chi connectivity index (χ4v) is 2.09. The molecular formula is C14H19NO3. The van der Waals surface area contributed by atoms with Crippen LogP contribution >= 0.6 is 0 Å². The SMILES string of the molecule is COc1cc(CCC=O)ccc1OC1CN(C)C1. The van der Waals surface area contributed by atoms with Gasteiger partial charge in [-0.1, -0.05) is 6.07 Å². The van der Waals surface area contributed by atoms with Gasteiger partial charge in [-0.25, -0.2) is 0 Å². The molecule has 98 valence electrons. The summed E-state index contributed by atoms with van der Waals surface area (Å²) < 4.78 is 11.2. The highest BCUT2D eigenvalue weighted by Gasteiger charge is 2.25. The zero-order valence-corrected chi connectivity index (χ0v) is 10.9. The van der Waals surface area contributed by atoms with Crippen molar-refractivity contribution in [3.8, 4) is 11.5 Å². The number of aryl methyl sites for hydroxylation is 1. The lowest BCUT2D eigenvalue weighted by molar-refractivity contribution is -0.107. The molecule has 1 heterocycles. The lowest BCUT2D eigenvalue weighted by atomic mass is 10.1. The van der Waals surface area contributed by atoms with Crippen LogP contribution in [0.2, 0.25) is 0 Å². The summed E-state index contributed by atoms with van der Waals surface area (Å²) in [5, 5.41) is 0. The molecule has 1 aromatic rings. The fraction of sp³-hybridized carbons (Fsp3) is 0.500. The third-order valence-corrected chi connectivity index (χ3v) is 3.10. The van der Waals surface area contributed by atoms with E-state index in [2.05, 4.69) is 11.9 Å². The van der Waals surface area contributed by atoms with Gasteiger partial charge < -0.3 is 14.3 Å². The van der Waals surface area contributed by atoms with Crippen LogP contribution in [0.5, 0.6) is 11.5 Å². The highest BCUT2D eigenvalue weighted by molar-refractivity contribution is 5.51. The number of carbonyl (C=O) groups is 1. The molecule has 2 rings (SSSR count). The molecule has 1 fully saturated rings. The van der Waals surface area contributed by atoms with Crippen LogP contribution in [-0.4, -0.2) is 44.5 Å². The van der Waals surface area contributed by atoms with Crippen molar-refractivity contribution in [3.63, 3.8) is 0 Å². The number of likely N-dealkylation sites (tertiary alicyclic amines) is 1. The van der Waals surface area contributed by atoms with Crippen molar-refractivity contribution < 1.29 is 14.3 Å². The summed E-state index contributed by atoms with van der Waals surface area (Å²) in [7, 11) is 3.71. The Morgan fingerprint density at radius 3 is 2.78 bits per heavy atom. The lowest BCUT2D eigenvalue weighted by Gasteiger charge is -2.36. The Morgan fingerprint density at radius 2 is 2.17 bits per heavy atom. The number of benzene rings is 1. The average molecular weight is 249 g/mol. The lowest BCUT2D eigenvalue weighted by Crippen LogP contribution is -2.51. The fourth-order valence-electron chi connectivity index (χ4n) is 2.09. The molecule has 18 heavy (non-hydrogen) atoms. The van der Waals surface area contributed by atoms with Crippen molar-refractivity contribution in [2.45, 2.75) is 18.9 Å². The maximum absolute atomic E-state index is 10.4. The van der Waals surface area contributed by atoms with Crippen molar-refractivity contribution in [3.05, 3.63) is 23.8 Å². The summed E-state index contributed by atoms with van der Waals surface area (Å²) in [6.07, 6.45) is 2.47. The van der Waals surface area contributed by atoms with E-state index in [-0.39, 0.29) is 6.10 Å². The number of aldehydes is 1. The first-order chi connectivity index (χ1) is 8.72. The number of nitrogens with zero attached hydrogens (tertiary/aromatic N) is 1. The Bertz CT molecular complexity index is 414. The summed E-state index contributed by atoms with van der Waals surface area (Å²) in [4.78, 5) is 12.6. The molecule has 0 N–H and O–H groups in total. The summed E-state index contributed by atoms with van der Waals surface area (Å²) in [6.45, 7) is 1.91. The Hall–Kier alpha value is -1.55. The summed E-state index contributed by atoms with van der Waals surface area (Å²) in [5.74, 6) is 1.53. The molecule has 0 bridgehead atoms. The van der Waals surface area contributed by atoms with E-state index in [1.165, 1.54) is 0 Å². The topological polar surface area (TPSA) is 38.8 Å². The molecule has 0 aromatic heterocycles. The summed E-state index contributed by atoms with van der Waals surface area (Å²) in [5.41, 5.74) is 1.09. The first-order valence-corrected chi connectivity index (χ1v) is 6.18. The molecule has 4 nitrogen and oxygen atoms in total. The molecule has 0 aliphatic carbocycles. The maximum Gasteiger partial charge on any atom is 0.161 e. The predicted octanol–water partition coefficient (Wildman–Crippen LogP) is 1.52. The minimum absolute atomic E-state index is 0.254. The minimum Gasteiger partial charge on any atom is -0.493 e. The molecule has 1 aromatic carbocycles. The standard InChI is InChI=1S/C14H19NO3/c1-15-9-12(10-15)18-13-6-5-11(4-3-7-16)8-14(13)17-2/h5-8,12H,3-4,9-10H2,1-2H3. The van der Waals surface area contributed by atoms with Crippen LogP contribution in [-0.2, 0) is 11.2 Å². The quantitative estimate of drug-likeness (QED) is 0.717. The van der Waals surface area contributed by atoms with Crippen LogP contribution in [0.25, 0.3) is 0 Å². The highest BCUT2D eigenvalue weighted by Crippen LogP contribution is 2.30. The van der Waals surface area contributed by atoms with Gasteiger partial charge in [-0.2, -0.15) is 0 Å². The van der Waals surface area contributed by atoms with Gasteiger partial charge in [0.15, 0.2) is 11.5 Å². The number of rotatable bonds is 6. The van der Waals surface area contributed by atoms with Gasteiger partial charge in [0.2, 0.25) is 0 Å². The normalized spacial score (nSPS) is 16.1. The molecule has 0 radical (unpaired) electrons. The molecule has 0 unspecified atom stereocenters.